The third-order valence-electron chi connectivity index (χ3n) is 3.92. The summed E-state index contributed by atoms with van der Waals surface area (Å²) < 4.78 is 0. The Labute approximate surface area is 138 Å². The van der Waals surface area contributed by atoms with Crippen molar-refractivity contribution in [2.75, 3.05) is 0 Å². The molecule has 23 heavy (non-hydrogen) atoms. The first-order chi connectivity index (χ1) is 11.3. The van der Waals surface area contributed by atoms with E-state index in [2.05, 4.69) is 39.8 Å². The number of pyridine rings is 1. The average Bonchev–Trinajstić information content (AvgIpc) is 3.23. The first kappa shape index (κ1) is 14.1. The van der Waals surface area contributed by atoms with Crippen LogP contribution < -0.4 is 5.43 Å². The van der Waals surface area contributed by atoms with Crippen molar-refractivity contribution < 1.29 is 0 Å². The summed E-state index contributed by atoms with van der Waals surface area (Å²) >= 11 is 1.69. The third-order valence-corrected chi connectivity index (χ3v) is 5.18. The van der Waals surface area contributed by atoms with Crippen molar-refractivity contribution in [3.63, 3.8) is 0 Å². The highest BCUT2D eigenvalue weighted by molar-refractivity contribution is 7.17. The lowest BCUT2D eigenvalue weighted by Gasteiger charge is -2.09. The zero-order valence-corrected chi connectivity index (χ0v) is 13.5. The summed E-state index contributed by atoms with van der Waals surface area (Å²) in [6, 6.07) is 14.7. The van der Waals surface area contributed by atoms with E-state index in [1.807, 2.05) is 31.3 Å². The molecule has 5 heteroatoms. The highest BCUT2D eigenvalue weighted by Gasteiger charge is 2.24. The van der Waals surface area contributed by atoms with Crippen molar-refractivity contribution >= 4 is 17.0 Å². The summed E-state index contributed by atoms with van der Waals surface area (Å²) in [5.41, 5.74) is 7.69. The molecule has 0 fully saturated rings. The van der Waals surface area contributed by atoms with Crippen molar-refractivity contribution in [3.05, 3.63) is 71.0 Å². The first-order valence-corrected chi connectivity index (χ1v) is 8.38. The molecule has 1 atom stereocenters. The van der Waals surface area contributed by atoms with Crippen molar-refractivity contribution in [3.8, 4) is 10.6 Å². The number of hydrogen-bond acceptors (Lipinski definition) is 5. The van der Waals surface area contributed by atoms with E-state index < -0.39 is 0 Å². The van der Waals surface area contributed by atoms with Gasteiger partial charge >= 0.3 is 0 Å². The van der Waals surface area contributed by atoms with Crippen molar-refractivity contribution in [1.82, 2.24) is 15.4 Å². The summed E-state index contributed by atoms with van der Waals surface area (Å²) in [6.45, 7) is 2.05. The molecular formula is C18H16N4S. The van der Waals surface area contributed by atoms with Gasteiger partial charge in [-0.3, -0.25) is 4.98 Å². The van der Waals surface area contributed by atoms with Crippen molar-refractivity contribution in [2.45, 2.75) is 19.4 Å². The molecule has 4 nitrogen and oxygen atoms in total. The summed E-state index contributed by atoms with van der Waals surface area (Å²) in [5, 5.41) is 5.55. The number of nitrogens with one attached hydrogen (secondary N) is 1. The summed E-state index contributed by atoms with van der Waals surface area (Å²) in [5.74, 6) is 0. The standard InChI is InChI=1S/C18H16N4S/c1-12-17(23-18(20-12)14-8-5-9-19-11-14)16-10-15(21-22-16)13-6-3-2-4-7-13/h2-9,11,15,21H,10H2,1H3. The minimum absolute atomic E-state index is 0.245. The molecule has 0 radical (unpaired) electrons. The van der Waals surface area contributed by atoms with E-state index in [0.29, 0.717) is 0 Å². The fourth-order valence-corrected chi connectivity index (χ4v) is 3.79. The molecule has 0 amide bonds. The number of rotatable bonds is 3. The van der Waals surface area contributed by atoms with Crippen LogP contribution in [-0.4, -0.2) is 15.7 Å². The number of thiazole rings is 1. The Hall–Kier alpha value is -2.53. The van der Waals surface area contributed by atoms with Crippen LogP contribution in [0.15, 0.2) is 60.0 Å². The molecule has 0 saturated heterocycles. The van der Waals surface area contributed by atoms with Gasteiger partial charge in [0, 0.05) is 24.4 Å². The molecule has 1 N–H and O–H groups in total. The maximum absolute atomic E-state index is 4.69. The molecule has 1 aromatic carbocycles. The second-order valence-electron chi connectivity index (χ2n) is 5.53. The molecule has 1 unspecified atom stereocenters. The molecule has 0 bridgehead atoms. The maximum Gasteiger partial charge on any atom is 0.125 e. The van der Waals surface area contributed by atoms with E-state index in [1.165, 1.54) is 5.56 Å². The van der Waals surface area contributed by atoms with Gasteiger partial charge in [-0.25, -0.2) is 4.98 Å². The lowest BCUT2D eigenvalue weighted by Crippen LogP contribution is -2.09. The van der Waals surface area contributed by atoms with Gasteiger partial charge in [-0.2, -0.15) is 5.10 Å². The van der Waals surface area contributed by atoms with Gasteiger partial charge in [0.1, 0.15) is 5.01 Å². The van der Waals surface area contributed by atoms with E-state index in [4.69, 9.17) is 4.98 Å². The Morgan fingerprint density at radius 3 is 2.78 bits per heavy atom. The molecular weight excluding hydrogens is 304 g/mol. The number of aryl methyl sites for hydroxylation is 1. The SMILES string of the molecule is Cc1nc(-c2cccnc2)sc1C1=NNC(c2ccccc2)C1. The molecule has 1 aliphatic heterocycles. The highest BCUT2D eigenvalue weighted by Crippen LogP contribution is 2.32. The van der Waals surface area contributed by atoms with Crippen molar-refractivity contribution in [2.24, 2.45) is 5.10 Å². The van der Waals surface area contributed by atoms with Crippen LogP contribution in [0.25, 0.3) is 10.6 Å². The van der Waals surface area contributed by atoms with Gasteiger partial charge in [-0.15, -0.1) is 11.3 Å². The van der Waals surface area contributed by atoms with Crippen LogP contribution in [-0.2, 0) is 0 Å². The lowest BCUT2D eigenvalue weighted by atomic mass is 10.0. The number of hydrazone groups is 1. The highest BCUT2D eigenvalue weighted by atomic mass is 32.1. The van der Waals surface area contributed by atoms with Crippen LogP contribution in [0.2, 0.25) is 0 Å². The van der Waals surface area contributed by atoms with Crippen molar-refractivity contribution in [1.29, 1.82) is 0 Å². The average molecular weight is 320 g/mol. The number of nitrogens with zero attached hydrogens (tertiary/aromatic N) is 3. The first-order valence-electron chi connectivity index (χ1n) is 7.56. The predicted molar refractivity (Wildman–Crippen MR) is 93.6 cm³/mol. The van der Waals surface area contributed by atoms with Crippen LogP contribution in [0, 0.1) is 6.92 Å². The topological polar surface area (TPSA) is 50.2 Å². The number of benzene rings is 1. The quantitative estimate of drug-likeness (QED) is 0.795. The Balaban J connectivity index is 1.59. The second kappa shape index (κ2) is 5.93. The summed E-state index contributed by atoms with van der Waals surface area (Å²) in [7, 11) is 0. The van der Waals surface area contributed by atoms with Crippen LogP contribution in [0.4, 0.5) is 0 Å². The van der Waals surface area contributed by atoms with E-state index in [-0.39, 0.29) is 6.04 Å². The van der Waals surface area contributed by atoms with Gasteiger partial charge in [-0.05, 0) is 24.6 Å². The Kier molecular flexibility index (Phi) is 3.63. The zero-order chi connectivity index (χ0) is 15.6. The van der Waals surface area contributed by atoms with E-state index in [9.17, 15) is 0 Å². The van der Waals surface area contributed by atoms with Gasteiger partial charge in [0.2, 0.25) is 0 Å². The molecule has 2 aromatic heterocycles. The fourth-order valence-electron chi connectivity index (χ4n) is 2.74. The molecule has 114 valence electrons. The number of hydrogen-bond donors (Lipinski definition) is 1. The minimum atomic E-state index is 0.245. The smallest absolute Gasteiger partial charge is 0.125 e. The van der Waals surface area contributed by atoms with Gasteiger partial charge in [0.15, 0.2) is 0 Å². The predicted octanol–water partition coefficient (Wildman–Crippen LogP) is 3.95. The molecule has 0 saturated carbocycles. The molecule has 1 aliphatic rings. The second-order valence-corrected chi connectivity index (χ2v) is 6.53. The van der Waals surface area contributed by atoms with Gasteiger partial charge in [-0.1, -0.05) is 30.3 Å². The summed E-state index contributed by atoms with van der Waals surface area (Å²) in [4.78, 5) is 10.0. The molecule has 4 rings (SSSR count). The normalized spacial score (nSPS) is 16.9. The zero-order valence-electron chi connectivity index (χ0n) is 12.7. The Morgan fingerprint density at radius 1 is 1.13 bits per heavy atom. The monoisotopic (exact) mass is 320 g/mol. The largest absolute Gasteiger partial charge is 0.302 e. The van der Waals surface area contributed by atoms with Crippen LogP contribution in [0.5, 0.6) is 0 Å². The van der Waals surface area contributed by atoms with Gasteiger partial charge < -0.3 is 5.43 Å². The minimum Gasteiger partial charge on any atom is -0.302 e. The molecule has 0 spiro atoms. The fraction of sp³-hybridized carbons (Fsp3) is 0.167. The third kappa shape index (κ3) is 2.75. The molecule has 3 aromatic rings. The van der Waals surface area contributed by atoms with Gasteiger partial charge in [0.05, 0.1) is 22.3 Å². The van der Waals surface area contributed by atoms with Crippen LogP contribution in [0.1, 0.15) is 28.6 Å². The molecule has 0 aliphatic carbocycles. The van der Waals surface area contributed by atoms with Crippen LogP contribution in [0.3, 0.4) is 0 Å². The van der Waals surface area contributed by atoms with Gasteiger partial charge in [0.25, 0.3) is 0 Å². The maximum atomic E-state index is 4.69. The Bertz CT molecular complexity index is 840. The van der Waals surface area contributed by atoms with E-state index >= 15 is 0 Å². The summed E-state index contributed by atoms with van der Waals surface area (Å²) in [6.07, 6.45) is 4.52. The number of aromatic nitrogens is 2. The van der Waals surface area contributed by atoms with E-state index in [1.54, 1.807) is 17.5 Å². The molecule has 3 heterocycles. The van der Waals surface area contributed by atoms with Crippen LogP contribution >= 0.6 is 11.3 Å². The Morgan fingerprint density at radius 2 is 2.00 bits per heavy atom. The lowest BCUT2D eigenvalue weighted by molar-refractivity contribution is 0.620. The van der Waals surface area contributed by atoms with E-state index in [0.717, 1.165) is 33.3 Å².